The Labute approximate surface area is 189 Å². The first-order valence-corrected chi connectivity index (χ1v) is 12.1. The average Bonchev–Trinajstić information content (AvgIpc) is 2.77. The Morgan fingerprint density at radius 3 is 2.35 bits per heavy atom. The molecule has 0 amide bonds. The first-order valence-electron chi connectivity index (χ1n) is 12.1. The number of Topliss-reactive ketones (excluding diaryl/α,β-unsaturated/α-hetero) is 1. The number of unbranched alkanes of at least 4 members (excludes halogenated alkanes) is 1. The second-order valence-electron chi connectivity index (χ2n) is 8.55. The maximum Gasteiger partial charge on any atom is 0.163 e. The van der Waals surface area contributed by atoms with E-state index in [2.05, 4.69) is 68.6 Å². The highest BCUT2D eigenvalue weighted by atomic mass is 16.5. The third kappa shape index (κ3) is 7.81. The molecule has 1 N–H and O–H groups in total. The minimum absolute atomic E-state index is 0.0949. The van der Waals surface area contributed by atoms with Gasteiger partial charge in [0.05, 0.1) is 12.2 Å². The van der Waals surface area contributed by atoms with E-state index in [1.165, 1.54) is 17.5 Å². The van der Waals surface area contributed by atoms with Crippen LogP contribution in [0, 0.1) is 5.92 Å². The minimum atomic E-state index is 0.0949. The van der Waals surface area contributed by atoms with Crippen molar-refractivity contribution in [1.82, 2.24) is 5.32 Å². The topological polar surface area (TPSA) is 38.3 Å². The molecule has 0 saturated heterocycles. The molecule has 0 aromatic heterocycles. The molecule has 170 valence electrons. The lowest BCUT2D eigenvalue weighted by Crippen LogP contribution is -2.21. The van der Waals surface area contributed by atoms with Crippen molar-refractivity contribution in [2.45, 2.75) is 79.2 Å². The lowest BCUT2D eigenvalue weighted by atomic mass is 9.88. The van der Waals surface area contributed by atoms with E-state index in [1.54, 1.807) is 6.92 Å². The second-order valence-corrected chi connectivity index (χ2v) is 8.55. The van der Waals surface area contributed by atoms with Gasteiger partial charge in [-0.1, -0.05) is 63.1 Å². The maximum atomic E-state index is 12.5. The van der Waals surface area contributed by atoms with Crippen molar-refractivity contribution in [2.24, 2.45) is 5.92 Å². The third-order valence-electron chi connectivity index (χ3n) is 6.21. The molecular weight excluding hydrogens is 382 g/mol. The zero-order chi connectivity index (χ0) is 22.6. The lowest BCUT2D eigenvalue weighted by molar-refractivity contribution is 0.101. The Balaban J connectivity index is 2.08. The normalized spacial score (nSPS) is 12.2. The molecule has 0 aliphatic carbocycles. The highest BCUT2D eigenvalue weighted by Crippen LogP contribution is 2.31. The van der Waals surface area contributed by atoms with Gasteiger partial charge in [-0.3, -0.25) is 4.79 Å². The quantitative estimate of drug-likeness (QED) is 0.264. The van der Waals surface area contributed by atoms with Crippen molar-refractivity contribution in [3.63, 3.8) is 0 Å². The van der Waals surface area contributed by atoms with Gasteiger partial charge in [0.2, 0.25) is 0 Å². The number of carbonyl (C=O) groups is 1. The van der Waals surface area contributed by atoms with Crippen LogP contribution in [0.3, 0.4) is 0 Å². The molecule has 1 unspecified atom stereocenters. The van der Waals surface area contributed by atoms with Gasteiger partial charge in [0.15, 0.2) is 5.78 Å². The molecule has 31 heavy (non-hydrogen) atoms. The molecule has 0 spiro atoms. The van der Waals surface area contributed by atoms with Crippen molar-refractivity contribution in [3.05, 3.63) is 64.7 Å². The predicted molar refractivity (Wildman–Crippen MR) is 131 cm³/mol. The van der Waals surface area contributed by atoms with Crippen LogP contribution in [-0.4, -0.2) is 18.9 Å². The molecule has 0 aliphatic rings. The lowest BCUT2D eigenvalue weighted by Gasteiger charge is -2.22. The summed E-state index contributed by atoms with van der Waals surface area (Å²) in [5, 5.41) is 3.67. The van der Waals surface area contributed by atoms with Crippen LogP contribution in [0.5, 0.6) is 5.75 Å². The molecule has 3 heteroatoms. The summed E-state index contributed by atoms with van der Waals surface area (Å²) >= 11 is 0. The zero-order valence-electron chi connectivity index (χ0n) is 20.2. The van der Waals surface area contributed by atoms with E-state index in [1.807, 2.05) is 6.92 Å². The number of benzene rings is 2. The molecule has 2 rings (SSSR count). The Bertz CT molecular complexity index is 796. The van der Waals surface area contributed by atoms with Crippen LogP contribution < -0.4 is 10.1 Å². The van der Waals surface area contributed by atoms with Gasteiger partial charge >= 0.3 is 0 Å². The van der Waals surface area contributed by atoms with Gasteiger partial charge in [-0.2, -0.15) is 0 Å². The summed E-state index contributed by atoms with van der Waals surface area (Å²) in [6, 6.07) is 15.2. The van der Waals surface area contributed by atoms with Gasteiger partial charge in [-0.15, -0.1) is 0 Å². The zero-order valence-corrected chi connectivity index (χ0v) is 20.2. The molecule has 0 fully saturated rings. The molecule has 2 aromatic carbocycles. The van der Waals surface area contributed by atoms with Gasteiger partial charge in [0.25, 0.3) is 0 Å². The second kappa shape index (κ2) is 13.3. The summed E-state index contributed by atoms with van der Waals surface area (Å²) in [5.41, 5.74) is 4.52. The van der Waals surface area contributed by atoms with E-state index in [-0.39, 0.29) is 11.8 Å². The summed E-state index contributed by atoms with van der Waals surface area (Å²) in [5.74, 6) is 1.42. The van der Waals surface area contributed by atoms with Gasteiger partial charge in [-0.25, -0.2) is 0 Å². The minimum Gasteiger partial charge on any atom is -0.493 e. The summed E-state index contributed by atoms with van der Waals surface area (Å²) in [7, 11) is 0. The molecule has 3 nitrogen and oxygen atoms in total. The SMILES string of the molecule is CCOc1cc(C(C)NCCCCc2ccccc2)cc(CC(CC)CC)c1C(C)=O. The number of ether oxygens (including phenoxy) is 1. The number of carbonyl (C=O) groups excluding carboxylic acids is 1. The fourth-order valence-corrected chi connectivity index (χ4v) is 4.20. The van der Waals surface area contributed by atoms with E-state index >= 15 is 0 Å². The molecular formula is C28H41NO2. The van der Waals surface area contributed by atoms with Crippen LogP contribution in [-0.2, 0) is 12.8 Å². The fourth-order valence-electron chi connectivity index (χ4n) is 4.20. The van der Waals surface area contributed by atoms with E-state index < -0.39 is 0 Å². The Morgan fingerprint density at radius 2 is 1.74 bits per heavy atom. The van der Waals surface area contributed by atoms with Crippen molar-refractivity contribution < 1.29 is 9.53 Å². The number of aryl methyl sites for hydroxylation is 1. The van der Waals surface area contributed by atoms with Crippen LogP contribution >= 0.6 is 0 Å². The molecule has 2 aromatic rings. The molecule has 0 bridgehead atoms. The molecule has 0 aliphatic heterocycles. The smallest absolute Gasteiger partial charge is 0.163 e. The predicted octanol–water partition coefficient (Wildman–Crippen LogP) is 6.94. The maximum absolute atomic E-state index is 12.5. The van der Waals surface area contributed by atoms with E-state index in [4.69, 9.17) is 4.74 Å². The van der Waals surface area contributed by atoms with E-state index in [0.717, 1.165) is 55.5 Å². The van der Waals surface area contributed by atoms with Crippen LogP contribution in [0.2, 0.25) is 0 Å². The van der Waals surface area contributed by atoms with Gasteiger partial charge in [0, 0.05) is 6.04 Å². The van der Waals surface area contributed by atoms with Crippen LogP contribution in [0.1, 0.15) is 93.4 Å². The summed E-state index contributed by atoms with van der Waals surface area (Å²) < 4.78 is 5.92. The molecule has 1 atom stereocenters. The number of ketones is 1. The molecule has 0 radical (unpaired) electrons. The van der Waals surface area contributed by atoms with E-state index in [9.17, 15) is 4.79 Å². The van der Waals surface area contributed by atoms with Gasteiger partial charge < -0.3 is 10.1 Å². The van der Waals surface area contributed by atoms with Crippen LogP contribution in [0.15, 0.2) is 42.5 Å². The van der Waals surface area contributed by atoms with Crippen LogP contribution in [0.4, 0.5) is 0 Å². The highest BCUT2D eigenvalue weighted by molar-refractivity contribution is 5.98. The number of nitrogens with one attached hydrogen (secondary N) is 1. The van der Waals surface area contributed by atoms with Gasteiger partial charge in [-0.05, 0) is 81.7 Å². The summed E-state index contributed by atoms with van der Waals surface area (Å²) in [4.78, 5) is 12.5. The first kappa shape index (κ1) is 25.1. The third-order valence-corrected chi connectivity index (χ3v) is 6.21. The monoisotopic (exact) mass is 423 g/mol. The Kier molecular flexibility index (Phi) is 10.8. The first-order chi connectivity index (χ1) is 15.0. The van der Waals surface area contributed by atoms with Gasteiger partial charge in [0.1, 0.15) is 5.75 Å². The Morgan fingerprint density at radius 1 is 1.03 bits per heavy atom. The molecule has 0 saturated carbocycles. The highest BCUT2D eigenvalue weighted by Gasteiger charge is 2.20. The number of rotatable bonds is 14. The Hall–Kier alpha value is -2.13. The van der Waals surface area contributed by atoms with Crippen LogP contribution in [0.25, 0.3) is 0 Å². The van der Waals surface area contributed by atoms with E-state index in [0.29, 0.717) is 12.5 Å². The largest absolute Gasteiger partial charge is 0.493 e. The number of hydrogen-bond acceptors (Lipinski definition) is 3. The number of hydrogen-bond donors (Lipinski definition) is 1. The summed E-state index contributed by atoms with van der Waals surface area (Å²) in [6.07, 6.45) is 6.62. The summed E-state index contributed by atoms with van der Waals surface area (Å²) in [6.45, 7) is 11.8. The molecule has 0 heterocycles. The van der Waals surface area contributed by atoms with Crippen molar-refractivity contribution in [3.8, 4) is 5.75 Å². The van der Waals surface area contributed by atoms with Crippen molar-refractivity contribution >= 4 is 5.78 Å². The standard InChI is InChI=1S/C28H41NO2/c1-6-23(7-2)18-26-19-25(20-27(31-8-3)28(26)22(5)30)21(4)29-17-13-12-16-24-14-10-9-11-15-24/h9-11,14-15,19-21,23,29H,6-8,12-13,16-18H2,1-5H3. The van der Waals surface area contributed by atoms with Crippen molar-refractivity contribution in [2.75, 3.05) is 13.2 Å². The fraction of sp³-hybridized carbons (Fsp3) is 0.536. The average molecular weight is 424 g/mol. The van der Waals surface area contributed by atoms with Crippen molar-refractivity contribution in [1.29, 1.82) is 0 Å².